The Morgan fingerprint density at radius 1 is 1.03 bits per heavy atom. The quantitative estimate of drug-likeness (QED) is 0.531. The lowest BCUT2D eigenvalue weighted by Crippen LogP contribution is -2.47. The summed E-state index contributed by atoms with van der Waals surface area (Å²) in [5.74, 6) is -2.91. The van der Waals surface area contributed by atoms with E-state index in [0.29, 0.717) is 12.1 Å². The summed E-state index contributed by atoms with van der Waals surface area (Å²) in [5.41, 5.74) is 3.91. The van der Waals surface area contributed by atoms with E-state index in [9.17, 15) is 23.2 Å². The molecule has 3 aromatic carbocycles. The van der Waals surface area contributed by atoms with E-state index in [2.05, 4.69) is 16.7 Å². The number of carbonyl (C=O) groups is 3. The third-order valence-electron chi connectivity index (χ3n) is 6.78. The van der Waals surface area contributed by atoms with E-state index < -0.39 is 30.1 Å². The van der Waals surface area contributed by atoms with E-state index in [1.807, 2.05) is 30.0 Å². The van der Waals surface area contributed by atoms with Crippen molar-refractivity contribution in [2.45, 2.75) is 32.7 Å². The fourth-order valence-electron chi connectivity index (χ4n) is 4.84. The van der Waals surface area contributed by atoms with Crippen LogP contribution < -0.4 is 20.4 Å². The predicted octanol–water partition coefficient (Wildman–Crippen LogP) is 4.92. The SMILES string of the molecule is Cc1cc(C(=O)N2CCCCc3ccccc32)ccc1CNC(=O)N1CC(=O)Nc2ccc(F)c(F)c21. The van der Waals surface area contributed by atoms with Gasteiger partial charge in [0.2, 0.25) is 5.91 Å². The van der Waals surface area contributed by atoms with Crippen molar-refractivity contribution in [3.8, 4) is 0 Å². The van der Waals surface area contributed by atoms with Gasteiger partial charge in [0.05, 0.1) is 5.69 Å². The summed E-state index contributed by atoms with van der Waals surface area (Å²) in [4.78, 5) is 41.0. The van der Waals surface area contributed by atoms with Gasteiger partial charge in [-0.15, -0.1) is 0 Å². The maximum Gasteiger partial charge on any atom is 0.322 e. The second kappa shape index (κ2) is 10.0. The molecule has 3 aromatic rings. The molecule has 0 fully saturated rings. The van der Waals surface area contributed by atoms with Crippen molar-refractivity contribution in [2.75, 3.05) is 28.2 Å². The number of urea groups is 1. The highest BCUT2D eigenvalue weighted by atomic mass is 19.2. The first-order valence-corrected chi connectivity index (χ1v) is 12.2. The van der Waals surface area contributed by atoms with E-state index in [0.717, 1.165) is 52.6 Å². The van der Waals surface area contributed by atoms with E-state index >= 15 is 0 Å². The standard InChI is InChI=1S/C28H26F2N4O3/c1-17-14-19(27(36)33-13-5-4-7-18-6-2-3-8-23(18)33)9-10-20(17)15-31-28(37)34-16-24(35)32-22-12-11-21(29)25(30)26(22)34/h2-3,6,8-12,14H,4-5,7,13,15-16H2,1H3,(H,31,37)(H,32,35). The third-order valence-corrected chi connectivity index (χ3v) is 6.78. The molecule has 2 heterocycles. The number of hydrogen-bond donors (Lipinski definition) is 2. The molecule has 0 bridgehead atoms. The predicted molar refractivity (Wildman–Crippen MR) is 137 cm³/mol. The van der Waals surface area contributed by atoms with Gasteiger partial charge in [0, 0.05) is 24.3 Å². The molecule has 2 aliphatic heterocycles. The maximum absolute atomic E-state index is 14.5. The second-order valence-electron chi connectivity index (χ2n) is 9.23. The number of anilines is 3. The fourth-order valence-corrected chi connectivity index (χ4v) is 4.84. The molecule has 0 radical (unpaired) electrons. The van der Waals surface area contributed by atoms with Crippen molar-refractivity contribution < 1.29 is 23.2 Å². The number of hydrogen-bond acceptors (Lipinski definition) is 3. The van der Waals surface area contributed by atoms with Gasteiger partial charge in [0.15, 0.2) is 11.6 Å². The van der Waals surface area contributed by atoms with Crippen LogP contribution in [-0.4, -0.2) is 30.9 Å². The van der Waals surface area contributed by atoms with Crippen LogP contribution in [0.3, 0.4) is 0 Å². The van der Waals surface area contributed by atoms with E-state index in [-0.39, 0.29) is 23.8 Å². The largest absolute Gasteiger partial charge is 0.334 e. The zero-order valence-corrected chi connectivity index (χ0v) is 20.3. The van der Waals surface area contributed by atoms with Crippen molar-refractivity contribution in [1.29, 1.82) is 0 Å². The molecule has 0 unspecified atom stereocenters. The number of aryl methyl sites for hydroxylation is 2. The van der Waals surface area contributed by atoms with Crippen LogP contribution in [0.15, 0.2) is 54.6 Å². The summed E-state index contributed by atoms with van der Waals surface area (Å²) in [6.45, 7) is 2.13. The summed E-state index contributed by atoms with van der Waals surface area (Å²) in [6.07, 6.45) is 2.89. The average Bonchev–Trinajstić information content (AvgIpc) is 3.11. The molecule has 2 N–H and O–H groups in total. The highest BCUT2D eigenvalue weighted by Crippen LogP contribution is 2.34. The molecule has 0 spiro atoms. The summed E-state index contributed by atoms with van der Waals surface area (Å²) in [7, 11) is 0. The van der Waals surface area contributed by atoms with Crippen molar-refractivity contribution in [2.24, 2.45) is 0 Å². The zero-order valence-electron chi connectivity index (χ0n) is 20.3. The summed E-state index contributed by atoms with van der Waals surface area (Å²) < 4.78 is 28.3. The number of nitrogens with one attached hydrogen (secondary N) is 2. The monoisotopic (exact) mass is 504 g/mol. The number of rotatable bonds is 3. The number of fused-ring (bicyclic) bond motifs is 2. The number of halogens is 2. The molecule has 0 aliphatic carbocycles. The number of nitrogens with zero attached hydrogens (tertiary/aromatic N) is 2. The minimum Gasteiger partial charge on any atom is -0.334 e. The number of carbonyl (C=O) groups excluding carboxylic acids is 3. The topological polar surface area (TPSA) is 81.8 Å². The van der Waals surface area contributed by atoms with Crippen LogP contribution in [-0.2, 0) is 17.8 Å². The molecule has 2 aliphatic rings. The van der Waals surface area contributed by atoms with Gasteiger partial charge in [-0.25, -0.2) is 13.6 Å². The average molecular weight is 505 g/mol. The number of amides is 4. The molecule has 37 heavy (non-hydrogen) atoms. The summed E-state index contributed by atoms with van der Waals surface area (Å²) in [6, 6.07) is 14.6. The lowest BCUT2D eigenvalue weighted by Gasteiger charge is -2.29. The number of para-hydroxylation sites is 1. The van der Waals surface area contributed by atoms with E-state index in [1.54, 1.807) is 18.2 Å². The Balaban J connectivity index is 1.31. The van der Waals surface area contributed by atoms with E-state index in [1.165, 1.54) is 6.07 Å². The first-order valence-electron chi connectivity index (χ1n) is 12.2. The highest BCUT2D eigenvalue weighted by molar-refractivity contribution is 6.09. The maximum atomic E-state index is 14.5. The zero-order chi connectivity index (χ0) is 26.1. The van der Waals surface area contributed by atoms with Crippen LogP contribution >= 0.6 is 0 Å². The van der Waals surface area contributed by atoms with Crippen LogP contribution in [0.1, 0.15) is 39.9 Å². The molecule has 190 valence electrons. The van der Waals surface area contributed by atoms with Crippen LogP contribution in [0.25, 0.3) is 0 Å². The first-order chi connectivity index (χ1) is 17.8. The Morgan fingerprint density at radius 2 is 1.84 bits per heavy atom. The van der Waals surface area contributed by atoms with Gasteiger partial charge in [-0.3, -0.25) is 14.5 Å². The lowest BCUT2D eigenvalue weighted by molar-refractivity contribution is -0.115. The molecule has 9 heteroatoms. The van der Waals surface area contributed by atoms with Crippen LogP contribution in [0.5, 0.6) is 0 Å². The summed E-state index contributed by atoms with van der Waals surface area (Å²) in [5, 5.41) is 5.12. The first kappa shape index (κ1) is 24.4. The van der Waals surface area contributed by atoms with Crippen LogP contribution in [0.2, 0.25) is 0 Å². The Morgan fingerprint density at radius 3 is 2.65 bits per heavy atom. The molecule has 7 nitrogen and oxygen atoms in total. The van der Waals surface area contributed by atoms with Crippen molar-refractivity contribution in [3.63, 3.8) is 0 Å². The normalized spacial score (nSPS) is 14.8. The summed E-state index contributed by atoms with van der Waals surface area (Å²) >= 11 is 0. The smallest absolute Gasteiger partial charge is 0.322 e. The fraction of sp³-hybridized carbons (Fsp3) is 0.250. The van der Waals surface area contributed by atoms with Crippen LogP contribution in [0, 0.1) is 18.6 Å². The molecule has 0 atom stereocenters. The van der Waals surface area contributed by atoms with Gasteiger partial charge < -0.3 is 15.5 Å². The second-order valence-corrected chi connectivity index (χ2v) is 9.23. The highest BCUT2D eigenvalue weighted by Gasteiger charge is 2.31. The van der Waals surface area contributed by atoms with Crippen molar-refractivity contribution >= 4 is 34.9 Å². The van der Waals surface area contributed by atoms with Crippen molar-refractivity contribution in [1.82, 2.24) is 5.32 Å². The molecule has 0 saturated carbocycles. The van der Waals surface area contributed by atoms with Gasteiger partial charge in [0.25, 0.3) is 5.91 Å². The molecule has 0 saturated heterocycles. The Kier molecular flexibility index (Phi) is 6.60. The molecular formula is C28H26F2N4O3. The van der Waals surface area contributed by atoms with Gasteiger partial charge in [-0.05, 0) is 73.2 Å². The van der Waals surface area contributed by atoms with Crippen molar-refractivity contribution in [3.05, 3.63) is 88.5 Å². The Bertz CT molecular complexity index is 1410. The molecule has 4 amide bonds. The molecule has 5 rings (SSSR count). The molecule has 0 aromatic heterocycles. The van der Waals surface area contributed by atoms with Gasteiger partial charge in [-0.2, -0.15) is 0 Å². The third kappa shape index (κ3) is 4.76. The minimum absolute atomic E-state index is 0.0273. The van der Waals surface area contributed by atoms with Gasteiger partial charge >= 0.3 is 6.03 Å². The Hall–Kier alpha value is -4.27. The van der Waals surface area contributed by atoms with Gasteiger partial charge in [0.1, 0.15) is 12.2 Å². The van der Waals surface area contributed by atoms with Crippen LogP contribution in [0.4, 0.5) is 30.6 Å². The lowest BCUT2D eigenvalue weighted by atomic mass is 10.0. The number of benzene rings is 3. The van der Waals surface area contributed by atoms with E-state index in [4.69, 9.17) is 0 Å². The molecular weight excluding hydrogens is 478 g/mol. The van der Waals surface area contributed by atoms with Gasteiger partial charge in [-0.1, -0.05) is 24.3 Å². The Labute approximate surface area is 213 Å². The minimum atomic E-state index is -1.21.